The van der Waals surface area contributed by atoms with Crippen molar-refractivity contribution in [2.24, 2.45) is 0 Å². The molecule has 19 heavy (non-hydrogen) atoms. The highest BCUT2D eigenvalue weighted by Crippen LogP contribution is 2.14. The molecule has 2 rings (SSSR count). The molecule has 0 bridgehead atoms. The van der Waals surface area contributed by atoms with Crippen molar-refractivity contribution in [3.63, 3.8) is 0 Å². The lowest BCUT2D eigenvalue weighted by atomic mass is 10.1. The lowest BCUT2D eigenvalue weighted by molar-refractivity contribution is 0.102. The van der Waals surface area contributed by atoms with Gasteiger partial charge in [-0.2, -0.15) is 0 Å². The van der Waals surface area contributed by atoms with Crippen molar-refractivity contribution >= 4 is 17.9 Å². The van der Waals surface area contributed by atoms with E-state index in [1.54, 1.807) is 37.3 Å². The van der Waals surface area contributed by atoms with Crippen LogP contribution in [-0.4, -0.2) is 12.2 Å². The molecule has 3 nitrogen and oxygen atoms in total. The second-order valence-corrected chi connectivity index (χ2v) is 4.16. The standard InChI is InChI=1S/C15H12FNO2/c1-10-5-6-12(16)8-14(10)15(19)17-13-4-2-3-11(7-13)9-18/h2-9H,1H3,(H,17,19). The molecule has 2 aromatic rings. The van der Waals surface area contributed by atoms with Crippen LogP contribution in [0.5, 0.6) is 0 Å². The van der Waals surface area contributed by atoms with Crippen molar-refractivity contribution in [2.75, 3.05) is 5.32 Å². The molecule has 0 aliphatic rings. The predicted octanol–water partition coefficient (Wildman–Crippen LogP) is 3.20. The van der Waals surface area contributed by atoms with Crippen LogP contribution >= 0.6 is 0 Å². The molecule has 0 radical (unpaired) electrons. The average Bonchev–Trinajstić information content (AvgIpc) is 2.41. The van der Waals surface area contributed by atoms with Crippen molar-refractivity contribution in [3.05, 3.63) is 65.0 Å². The molecule has 0 aliphatic heterocycles. The third-order valence-electron chi connectivity index (χ3n) is 2.72. The highest BCUT2D eigenvalue weighted by atomic mass is 19.1. The van der Waals surface area contributed by atoms with Crippen LogP contribution in [0.4, 0.5) is 10.1 Å². The minimum Gasteiger partial charge on any atom is -0.322 e. The van der Waals surface area contributed by atoms with Crippen LogP contribution in [0.1, 0.15) is 26.3 Å². The van der Waals surface area contributed by atoms with Gasteiger partial charge in [-0.3, -0.25) is 9.59 Å². The number of aldehydes is 1. The summed E-state index contributed by atoms with van der Waals surface area (Å²) >= 11 is 0. The summed E-state index contributed by atoms with van der Waals surface area (Å²) in [4.78, 5) is 22.7. The Balaban J connectivity index is 2.25. The first-order valence-corrected chi connectivity index (χ1v) is 5.73. The van der Waals surface area contributed by atoms with Crippen molar-refractivity contribution in [3.8, 4) is 0 Å². The molecular formula is C15H12FNO2. The first kappa shape index (κ1) is 13.0. The molecule has 0 heterocycles. The van der Waals surface area contributed by atoms with E-state index >= 15 is 0 Å². The third kappa shape index (κ3) is 3.04. The monoisotopic (exact) mass is 257 g/mol. The van der Waals surface area contributed by atoms with Crippen molar-refractivity contribution in [1.29, 1.82) is 0 Å². The molecule has 0 saturated carbocycles. The number of carbonyl (C=O) groups excluding carboxylic acids is 2. The molecule has 96 valence electrons. The molecule has 1 N–H and O–H groups in total. The summed E-state index contributed by atoms with van der Waals surface area (Å²) in [5.41, 5.74) is 1.92. The lowest BCUT2D eigenvalue weighted by Crippen LogP contribution is -2.13. The van der Waals surface area contributed by atoms with E-state index in [0.29, 0.717) is 23.1 Å². The molecule has 0 saturated heterocycles. The van der Waals surface area contributed by atoms with Gasteiger partial charge in [0.1, 0.15) is 12.1 Å². The van der Waals surface area contributed by atoms with Gasteiger partial charge in [0.05, 0.1) is 0 Å². The Labute approximate surface area is 110 Å². The summed E-state index contributed by atoms with van der Waals surface area (Å²) in [6, 6.07) is 10.6. The van der Waals surface area contributed by atoms with Crippen molar-refractivity contribution < 1.29 is 14.0 Å². The Kier molecular flexibility index (Phi) is 3.71. The Hall–Kier alpha value is -2.49. The molecule has 0 aliphatic carbocycles. The first-order chi connectivity index (χ1) is 9.10. The SMILES string of the molecule is Cc1ccc(F)cc1C(=O)Nc1cccc(C=O)c1. The molecular weight excluding hydrogens is 245 g/mol. The Morgan fingerprint density at radius 2 is 2.00 bits per heavy atom. The number of benzene rings is 2. The zero-order chi connectivity index (χ0) is 13.8. The fourth-order valence-corrected chi connectivity index (χ4v) is 1.73. The quantitative estimate of drug-likeness (QED) is 0.858. The maximum atomic E-state index is 13.1. The largest absolute Gasteiger partial charge is 0.322 e. The number of halogens is 1. The minimum absolute atomic E-state index is 0.275. The maximum absolute atomic E-state index is 13.1. The van der Waals surface area contributed by atoms with E-state index in [9.17, 15) is 14.0 Å². The third-order valence-corrected chi connectivity index (χ3v) is 2.72. The fraction of sp³-hybridized carbons (Fsp3) is 0.0667. The normalized spacial score (nSPS) is 10.0. The molecule has 0 aromatic heterocycles. The average molecular weight is 257 g/mol. The fourth-order valence-electron chi connectivity index (χ4n) is 1.73. The van der Waals surface area contributed by atoms with Gasteiger partial charge in [-0.25, -0.2) is 4.39 Å². The number of hydrogen-bond donors (Lipinski definition) is 1. The number of rotatable bonds is 3. The summed E-state index contributed by atoms with van der Waals surface area (Å²) in [5.74, 6) is -0.863. The van der Waals surface area contributed by atoms with Crippen molar-refractivity contribution in [2.45, 2.75) is 6.92 Å². The lowest BCUT2D eigenvalue weighted by Gasteiger charge is -2.08. The molecule has 0 atom stereocenters. The van der Waals surface area contributed by atoms with Crippen LogP contribution in [0.2, 0.25) is 0 Å². The van der Waals surface area contributed by atoms with E-state index in [-0.39, 0.29) is 5.56 Å². The summed E-state index contributed by atoms with van der Waals surface area (Å²) in [7, 11) is 0. The summed E-state index contributed by atoms with van der Waals surface area (Å²) < 4.78 is 13.1. The van der Waals surface area contributed by atoms with E-state index in [4.69, 9.17) is 0 Å². The van der Waals surface area contributed by atoms with E-state index in [1.165, 1.54) is 12.1 Å². The zero-order valence-electron chi connectivity index (χ0n) is 10.3. The highest BCUT2D eigenvalue weighted by molar-refractivity contribution is 6.05. The van der Waals surface area contributed by atoms with Gasteiger partial charge in [-0.05, 0) is 36.8 Å². The van der Waals surface area contributed by atoms with Gasteiger partial charge in [0.15, 0.2) is 0 Å². The highest BCUT2D eigenvalue weighted by Gasteiger charge is 2.10. The number of nitrogens with one attached hydrogen (secondary N) is 1. The molecule has 1 amide bonds. The smallest absolute Gasteiger partial charge is 0.256 e. The van der Waals surface area contributed by atoms with E-state index < -0.39 is 11.7 Å². The first-order valence-electron chi connectivity index (χ1n) is 5.73. The van der Waals surface area contributed by atoms with Crippen LogP contribution in [0.25, 0.3) is 0 Å². The Morgan fingerprint density at radius 1 is 1.21 bits per heavy atom. The van der Waals surface area contributed by atoms with E-state index in [0.717, 1.165) is 0 Å². The predicted molar refractivity (Wildman–Crippen MR) is 70.9 cm³/mol. The summed E-state index contributed by atoms with van der Waals surface area (Å²) in [5, 5.41) is 2.64. The van der Waals surface area contributed by atoms with E-state index in [2.05, 4.69) is 5.32 Å². The minimum atomic E-state index is -0.461. The molecule has 0 spiro atoms. The van der Waals surface area contributed by atoms with Gasteiger partial charge >= 0.3 is 0 Å². The molecule has 4 heteroatoms. The number of amides is 1. The van der Waals surface area contributed by atoms with Gasteiger partial charge in [-0.15, -0.1) is 0 Å². The number of carbonyl (C=O) groups is 2. The van der Waals surface area contributed by atoms with Crippen LogP contribution in [0, 0.1) is 12.7 Å². The van der Waals surface area contributed by atoms with Gasteiger partial charge in [-0.1, -0.05) is 18.2 Å². The van der Waals surface area contributed by atoms with Crippen LogP contribution < -0.4 is 5.32 Å². The van der Waals surface area contributed by atoms with Crippen LogP contribution in [0.3, 0.4) is 0 Å². The number of anilines is 1. The van der Waals surface area contributed by atoms with Crippen molar-refractivity contribution in [1.82, 2.24) is 0 Å². The second kappa shape index (κ2) is 5.44. The maximum Gasteiger partial charge on any atom is 0.256 e. The van der Waals surface area contributed by atoms with Gasteiger partial charge < -0.3 is 5.32 Å². The molecule has 2 aromatic carbocycles. The molecule has 0 fully saturated rings. The van der Waals surface area contributed by atoms with E-state index in [1.807, 2.05) is 0 Å². The molecule has 0 unspecified atom stereocenters. The topological polar surface area (TPSA) is 46.2 Å². The Bertz CT molecular complexity index is 638. The van der Waals surface area contributed by atoms with Crippen LogP contribution in [0.15, 0.2) is 42.5 Å². The second-order valence-electron chi connectivity index (χ2n) is 4.16. The van der Waals surface area contributed by atoms with Crippen LogP contribution in [-0.2, 0) is 0 Å². The van der Waals surface area contributed by atoms with Gasteiger partial charge in [0.2, 0.25) is 0 Å². The van der Waals surface area contributed by atoms with Gasteiger partial charge in [0, 0.05) is 16.8 Å². The summed E-state index contributed by atoms with van der Waals surface area (Å²) in [6.07, 6.45) is 0.698. The number of hydrogen-bond acceptors (Lipinski definition) is 2. The summed E-state index contributed by atoms with van der Waals surface area (Å²) in [6.45, 7) is 1.73. The zero-order valence-corrected chi connectivity index (χ0v) is 10.3. The van der Waals surface area contributed by atoms with Gasteiger partial charge in [0.25, 0.3) is 5.91 Å². The Morgan fingerprint density at radius 3 is 2.74 bits per heavy atom. The number of aryl methyl sites for hydroxylation is 1.